The molecule has 9 heteroatoms. The summed E-state index contributed by atoms with van der Waals surface area (Å²) in [5.41, 5.74) is 2.02. The number of fused-ring (bicyclic) bond motifs is 1. The largest absolute Gasteiger partial charge is 0.354 e. The van der Waals surface area contributed by atoms with Gasteiger partial charge in [-0.2, -0.15) is 0 Å². The molecule has 2 N–H and O–H groups in total. The van der Waals surface area contributed by atoms with E-state index in [1.807, 2.05) is 40.1 Å². The van der Waals surface area contributed by atoms with Crippen molar-refractivity contribution >= 4 is 47.7 Å². The van der Waals surface area contributed by atoms with Crippen molar-refractivity contribution in [2.45, 2.75) is 44.7 Å². The molecule has 2 aromatic rings. The van der Waals surface area contributed by atoms with Crippen LogP contribution < -0.4 is 10.6 Å². The van der Waals surface area contributed by atoms with E-state index in [4.69, 9.17) is 0 Å². The Morgan fingerprint density at radius 3 is 2.80 bits per heavy atom. The number of aryl methyl sites for hydroxylation is 1. The minimum atomic E-state index is -0.0358. The van der Waals surface area contributed by atoms with E-state index in [2.05, 4.69) is 15.6 Å². The highest BCUT2D eigenvalue weighted by Crippen LogP contribution is 2.18. The lowest BCUT2D eigenvalue weighted by atomic mass is 9.97. The number of likely N-dealkylation sites (tertiary alicyclic amines) is 1. The number of carbonyl (C=O) groups excluding carboxylic acids is 2. The van der Waals surface area contributed by atoms with Crippen LogP contribution in [-0.2, 0) is 16.1 Å². The summed E-state index contributed by atoms with van der Waals surface area (Å²) in [6, 6.07) is 7.95. The topological polar surface area (TPSA) is 79.3 Å². The molecule has 1 aromatic carbocycles. The van der Waals surface area contributed by atoms with Crippen LogP contribution in [0.2, 0.25) is 0 Å². The zero-order chi connectivity index (χ0) is 19.3. The molecule has 4 rings (SSSR count). The number of carbonyl (C=O) groups is 2. The summed E-state index contributed by atoms with van der Waals surface area (Å²) in [5, 5.41) is 6.31. The molecule has 3 heterocycles. The molecule has 0 spiro atoms. The fraction of sp³-hybridized carbons (Fsp3) is 0.571. The number of amides is 2. The van der Waals surface area contributed by atoms with Gasteiger partial charge in [0.25, 0.3) is 0 Å². The van der Waals surface area contributed by atoms with Crippen molar-refractivity contribution in [3.05, 3.63) is 30.6 Å². The van der Waals surface area contributed by atoms with Gasteiger partial charge >= 0.3 is 0 Å². The predicted molar refractivity (Wildman–Crippen MR) is 122 cm³/mol. The second-order valence-electron chi connectivity index (χ2n) is 7.92. The van der Waals surface area contributed by atoms with Gasteiger partial charge in [0, 0.05) is 32.6 Å². The molecule has 0 radical (unpaired) electrons. The first kappa shape index (κ1) is 24.4. The molecular formula is C21H31Cl2N5O2. The number of imidazole rings is 1. The summed E-state index contributed by atoms with van der Waals surface area (Å²) < 4.78 is 2.05. The third-order valence-corrected chi connectivity index (χ3v) is 5.91. The van der Waals surface area contributed by atoms with E-state index in [-0.39, 0.29) is 42.7 Å². The Kier molecular flexibility index (Phi) is 9.39. The predicted octanol–water partition coefficient (Wildman–Crippen LogP) is 2.38. The maximum atomic E-state index is 12.7. The Labute approximate surface area is 189 Å². The lowest BCUT2D eigenvalue weighted by Crippen LogP contribution is -2.46. The van der Waals surface area contributed by atoms with Crippen LogP contribution >= 0.6 is 24.8 Å². The standard InChI is InChI=1S/C21H29N5O2.2ClH/c27-20(9-12-26-15-24-17-6-1-2-8-19(17)26)25-11-4-5-16(14-25)13-23-21(28)18-7-3-10-22-18;;/h1-2,6,8,15-16,18,22H,3-5,7,9-14H2,(H,23,28);2*1H. The Hall–Kier alpha value is -1.83. The Morgan fingerprint density at radius 2 is 2.00 bits per heavy atom. The van der Waals surface area contributed by atoms with Gasteiger partial charge in [0.15, 0.2) is 0 Å². The minimum Gasteiger partial charge on any atom is -0.354 e. The molecule has 2 amide bonds. The lowest BCUT2D eigenvalue weighted by Gasteiger charge is -2.33. The van der Waals surface area contributed by atoms with Crippen molar-refractivity contribution in [1.82, 2.24) is 25.1 Å². The van der Waals surface area contributed by atoms with Gasteiger partial charge in [0.05, 0.1) is 23.4 Å². The van der Waals surface area contributed by atoms with E-state index < -0.39 is 0 Å². The van der Waals surface area contributed by atoms with Gasteiger partial charge in [0.1, 0.15) is 0 Å². The quantitative estimate of drug-likeness (QED) is 0.700. The third-order valence-electron chi connectivity index (χ3n) is 5.91. The molecular weight excluding hydrogens is 425 g/mol. The van der Waals surface area contributed by atoms with E-state index in [1.54, 1.807) is 0 Å². The molecule has 2 unspecified atom stereocenters. The van der Waals surface area contributed by atoms with Crippen LogP contribution in [0.25, 0.3) is 11.0 Å². The summed E-state index contributed by atoms with van der Waals surface area (Å²) in [6.45, 7) is 3.79. The molecule has 2 aliphatic rings. The average Bonchev–Trinajstić information content (AvgIpc) is 3.41. The second-order valence-corrected chi connectivity index (χ2v) is 7.92. The van der Waals surface area contributed by atoms with Crippen LogP contribution in [0, 0.1) is 5.92 Å². The van der Waals surface area contributed by atoms with E-state index in [0.717, 1.165) is 56.4 Å². The first-order valence-electron chi connectivity index (χ1n) is 10.4. The van der Waals surface area contributed by atoms with Crippen molar-refractivity contribution < 1.29 is 9.59 Å². The lowest BCUT2D eigenvalue weighted by molar-refractivity contribution is -0.133. The smallest absolute Gasteiger partial charge is 0.237 e. The first-order valence-corrected chi connectivity index (χ1v) is 10.4. The SMILES string of the molecule is Cl.Cl.O=C(NCC1CCCN(C(=O)CCn2cnc3ccccc32)C1)C1CCCN1. The van der Waals surface area contributed by atoms with Crippen molar-refractivity contribution in [1.29, 1.82) is 0 Å². The van der Waals surface area contributed by atoms with E-state index >= 15 is 0 Å². The molecule has 30 heavy (non-hydrogen) atoms. The molecule has 2 saturated heterocycles. The summed E-state index contributed by atoms with van der Waals surface area (Å²) in [5.74, 6) is 0.635. The van der Waals surface area contributed by atoms with Crippen molar-refractivity contribution in [3.8, 4) is 0 Å². The number of nitrogens with one attached hydrogen (secondary N) is 2. The summed E-state index contributed by atoms with van der Waals surface area (Å²) in [7, 11) is 0. The molecule has 0 saturated carbocycles. The number of halogens is 2. The number of piperidine rings is 1. The normalized spacial score (nSPS) is 21.0. The number of nitrogens with zero attached hydrogens (tertiary/aromatic N) is 3. The summed E-state index contributed by atoms with van der Waals surface area (Å²) in [6.07, 6.45) is 6.34. The van der Waals surface area contributed by atoms with Crippen molar-refractivity contribution in [2.75, 3.05) is 26.2 Å². The number of aromatic nitrogens is 2. The number of hydrogen-bond acceptors (Lipinski definition) is 4. The highest BCUT2D eigenvalue weighted by molar-refractivity contribution is 5.85. The fourth-order valence-electron chi connectivity index (χ4n) is 4.30. The van der Waals surface area contributed by atoms with Crippen LogP contribution in [0.5, 0.6) is 0 Å². The molecule has 2 atom stereocenters. The van der Waals surface area contributed by atoms with Crippen LogP contribution in [0.1, 0.15) is 32.1 Å². The Balaban J connectivity index is 0.00000160. The van der Waals surface area contributed by atoms with E-state index in [9.17, 15) is 9.59 Å². The number of benzene rings is 1. The van der Waals surface area contributed by atoms with Gasteiger partial charge in [-0.05, 0) is 50.3 Å². The highest BCUT2D eigenvalue weighted by atomic mass is 35.5. The van der Waals surface area contributed by atoms with Crippen LogP contribution in [0.4, 0.5) is 0 Å². The Morgan fingerprint density at radius 1 is 1.17 bits per heavy atom. The zero-order valence-corrected chi connectivity index (χ0v) is 18.7. The molecule has 2 aliphatic heterocycles. The van der Waals surface area contributed by atoms with Gasteiger partial charge in [-0.1, -0.05) is 12.1 Å². The maximum absolute atomic E-state index is 12.7. The molecule has 1 aromatic heterocycles. The average molecular weight is 456 g/mol. The zero-order valence-electron chi connectivity index (χ0n) is 17.1. The number of rotatable bonds is 6. The van der Waals surface area contributed by atoms with Crippen molar-refractivity contribution in [3.63, 3.8) is 0 Å². The van der Waals surface area contributed by atoms with Crippen LogP contribution in [-0.4, -0.2) is 58.5 Å². The molecule has 7 nitrogen and oxygen atoms in total. The third kappa shape index (κ3) is 5.86. The first-order chi connectivity index (χ1) is 13.7. The minimum absolute atomic E-state index is 0. The summed E-state index contributed by atoms with van der Waals surface area (Å²) >= 11 is 0. The van der Waals surface area contributed by atoms with Crippen LogP contribution in [0.3, 0.4) is 0 Å². The Bertz CT molecular complexity index is 838. The van der Waals surface area contributed by atoms with E-state index in [0.29, 0.717) is 25.4 Å². The second kappa shape index (κ2) is 11.5. The maximum Gasteiger partial charge on any atom is 0.237 e. The van der Waals surface area contributed by atoms with Gasteiger partial charge < -0.3 is 20.1 Å². The van der Waals surface area contributed by atoms with Crippen LogP contribution in [0.15, 0.2) is 30.6 Å². The summed E-state index contributed by atoms with van der Waals surface area (Å²) in [4.78, 5) is 31.3. The highest BCUT2D eigenvalue weighted by Gasteiger charge is 2.26. The molecule has 0 bridgehead atoms. The van der Waals surface area contributed by atoms with Gasteiger partial charge in [-0.3, -0.25) is 9.59 Å². The molecule has 166 valence electrons. The van der Waals surface area contributed by atoms with Gasteiger partial charge in [-0.15, -0.1) is 24.8 Å². The molecule has 2 fully saturated rings. The van der Waals surface area contributed by atoms with Crippen molar-refractivity contribution in [2.24, 2.45) is 5.92 Å². The van der Waals surface area contributed by atoms with E-state index in [1.165, 1.54) is 0 Å². The van der Waals surface area contributed by atoms with Gasteiger partial charge in [-0.25, -0.2) is 4.98 Å². The number of hydrogen-bond donors (Lipinski definition) is 2. The van der Waals surface area contributed by atoms with Gasteiger partial charge in [0.2, 0.25) is 11.8 Å². The number of para-hydroxylation sites is 2. The molecule has 0 aliphatic carbocycles. The monoisotopic (exact) mass is 455 g/mol. The fourth-order valence-corrected chi connectivity index (χ4v) is 4.30.